The molecule has 0 bridgehead atoms. The Morgan fingerprint density at radius 3 is 2.62 bits per heavy atom. The molecule has 0 aromatic carbocycles. The molecule has 2 rings (SSSR count). The molecule has 88 valence electrons. The minimum absolute atomic E-state index is 0.250. The smallest absolute Gasteiger partial charge is 0.331 e. The maximum absolute atomic E-state index is 12.0. The number of nitrogens with one attached hydrogen (secondary N) is 1. The van der Waals surface area contributed by atoms with Gasteiger partial charge >= 0.3 is 6.03 Å². The Bertz CT molecular complexity index is 358. The van der Waals surface area contributed by atoms with Crippen LogP contribution < -0.4 is 5.32 Å². The van der Waals surface area contributed by atoms with Gasteiger partial charge in [0.1, 0.15) is 5.41 Å². The molecule has 2 fully saturated rings. The van der Waals surface area contributed by atoms with Gasteiger partial charge in [-0.1, -0.05) is 0 Å². The summed E-state index contributed by atoms with van der Waals surface area (Å²) >= 11 is 0. The van der Waals surface area contributed by atoms with Crippen LogP contribution >= 0.6 is 0 Å². The van der Waals surface area contributed by atoms with Crippen LogP contribution in [0.3, 0.4) is 0 Å². The number of imide groups is 2. The third kappa shape index (κ3) is 1.49. The van der Waals surface area contributed by atoms with Crippen molar-refractivity contribution in [1.82, 2.24) is 10.2 Å². The Morgan fingerprint density at radius 1 is 1.38 bits per heavy atom. The standard InChI is InChI=1S/C10H14N2O4/c1-10(2)7(13)11-9(15)12(8(10)14)6-3-4-16-5-6/h6H,3-5H2,1-2H3,(H,11,13,15). The van der Waals surface area contributed by atoms with Crippen molar-refractivity contribution < 1.29 is 19.1 Å². The van der Waals surface area contributed by atoms with Gasteiger partial charge in [0.25, 0.3) is 0 Å². The molecule has 2 aliphatic heterocycles. The number of barbiturate groups is 1. The van der Waals surface area contributed by atoms with Gasteiger partial charge in [-0.15, -0.1) is 0 Å². The zero-order chi connectivity index (χ0) is 11.9. The molecule has 2 aliphatic rings. The molecule has 2 heterocycles. The van der Waals surface area contributed by atoms with Crippen molar-refractivity contribution in [2.45, 2.75) is 26.3 Å². The second-order valence-corrected chi connectivity index (χ2v) is 4.58. The summed E-state index contributed by atoms with van der Waals surface area (Å²) in [5.74, 6) is -0.991. The van der Waals surface area contributed by atoms with Crippen LogP contribution in [0.1, 0.15) is 20.3 Å². The number of ether oxygens (including phenoxy) is 1. The highest BCUT2D eigenvalue weighted by Gasteiger charge is 2.49. The summed E-state index contributed by atoms with van der Waals surface area (Å²) in [6.07, 6.45) is 0.628. The zero-order valence-electron chi connectivity index (χ0n) is 9.28. The lowest BCUT2D eigenvalue weighted by Crippen LogP contribution is -2.64. The average Bonchev–Trinajstić information content (AvgIpc) is 2.69. The number of nitrogens with zero attached hydrogens (tertiary/aromatic N) is 1. The van der Waals surface area contributed by atoms with E-state index in [0.29, 0.717) is 19.6 Å². The van der Waals surface area contributed by atoms with E-state index < -0.39 is 23.3 Å². The van der Waals surface area contributed by atoms with E-state index >= 15 is 0 Å². The van der Waals surface area contributed by atoms with E-state index in [9.17, 15) is 14.4 Å². The van der Waals surface area contributed by atoms with Gasteiger partial charge < -0.3 is 4.74 Å². The van der Waals surface area contributed by atoms with Crippen LogP contribution in [-0.2, 0) is 14.3 Å². The molecule has 0 aromatic rings. The highest BCUT2D eigenvalue weighted by atomic mass is 16.5. The summed E-state index contributed by atoms with van der Waals surface area (Å²) in [5.41, 5.74) is -1.18. The molecule has 0 radical (unpaired) electrons. The fraction of sp³-hybridized carbons (Fsp3) is 0.700. The van der Waals surface area contributed by atoms with Crippen molar-refractivity contribution in [3.63, 3.8) is 0 Å². The number of hydrogen-bond donors (Lipinski definition) is 1. The van der Waals surface area contributed by atoms with E-state index in [1.54, 1.807) is 0 Å². The van der Waals surface area contributed by atoms with Crippen molar-refractivity contribution in [3.05, 3.63) is 0 Å². The quantitative estimate of drug-likeness (QED) is 0.632. The van der Waals surface area contributed by atoms with Crippen LogP contribution in [0.4, 0.5) is 4.79 Å². The number of carbonyl (C=O) groups excluding carboxylic acids is 3. The first-order valence-electron chi connectivity index (χ1n) is 5.21. The normalized spacial score (nSPS) is 29.5. The molecule has 1 atom stereocenters. The predicted molar refractivity (Wildman–Crippen MR) is 53.4 cm³/mol. The molecule has 4 amide bonds. The lowest BCUT2D eigenvalue weighted by Gasteiger charge is -2.37. The Hall–Kier alpha value is -1.43. The molecule has 2 saturated heterocycles. The molecule has 16 heavy (non-hydrogen) atoms. The maximum Gasteiger partial charge on any atom is 0.331 e. The maximum atomic E-state index is 12.0. The average molecular weight is 226 g/mol. The lowest BCUT2D eigenvalue weighted by atomic mass is 9.88. The fourth-order valence-electron chi connectivity index (χ4n) is 1.86. The highest BCUT2D eigenvalue weighted by Crippen LogP contribution is 2.27. The van der Waals surface area contributed by atoms with E-state index in [0.717, 1.165) is 4.90 Å². The molecular formula is C10H14N2O4. The summed E-state index contributed by atoms with van der Waals surface area (Å²) in [7, 11) is 0. The summed E-state index contributed by atoms with van der Waals surface area (Å²) in [5, 5.41) is 2.20. The van der Waals surface area contributed by atoms with Crippen LogP contribution in [-0.4, -0.2) is 42.0 Å². The molecule has 0 aromatic heterocycles. The van der Waals surface area contributed by atoms with Gasteiger partial charge in [0, 0.05) is 6.61 Å². The molecule has 0 aliphatic carbocycles. The third-order valence-corrected chi connectivity index (χ3v) is 3.03. The fourth-order valence-corrected chi connectivity index (χ4v) is 1.86. The van der Waals surface area contributed by atoms with Gasteiger partial charge in [-0.05, 0) is 20.3 Å². The van der Waals surface area contributed by atoms with Crippen LogP contribution in [0.15, 0.2) is 0 Å². The Kier molecular flexibility index (Phi) is 2.46. The molecule has 1 N–H and O–H groups in total. The Labute approximate surface area is 92.9 Å². The van der Waals surface area contributed by atoms with Gasteiger partial charge in [-0.3, -0.25) is 19.8 Å². The number of rotatable bonds is 1. The second kappa shape index (κ2) is 3.55. The molecule has 6 heteroatoms. The molecule has 1 unspecified atom stereocenters. The van der Waals surface area contributed by atoms with Crippen LogP contribution in [0.2, 0.25) is 0 Å². The first-order valence-corrected chi connectivity index (χ1v) is 5.21. The number of urea groups is 1. The van der Waals surface area contributed by atoms with Crippen molar-refractivity contribution in [3.8, 4) is 0 Å². The SMILES string of the molecule is CC1(C)C(=O)NC(=O)N(C2CCOC2)C1=O. The minimum atomic E-state index is -1.18. The zero-order valence-corrected chi connectivity index (χ0v) is 9.28. The van der Waals surface area contributed by atoms with E-state index in [4.69, 9.17) is 4.74 Å². The molecular weight excluding hydrogens is 212 g/mol. The molecule has 6 nitrogen and oxygen atoms in total. The lowest BCUT2D eigenvalue weighted by molar-refractivity contribution is -0.150. The monoisotopic (exact) mass is 226 g/mol. The number of hydrogen-bond acceptors (Lipinski definition) is 4. The second-order valence-electron chi connectivity index (χ2n) is 4.58. The summed E-state index contributed by atoms with van der Waals surface area (Å²) in [6, 6.07) is -0.885. The van der Waals surface area contributed by atoms with Crippen molar-refractivity contribution >= 4 is 17.8 Å². The highest BCUT2D eigenvalue weighted by molar-refractivity contribution is 6.18. The summed E-state index contributed by atoms with van der Waals surface area (Å²) < 4.78 is 5.14. The van der Waals surface area contributed by atoms with E-state index in [1.165, 1.54) is 13.8 Å². The van der Waals surface area contributed by atoms with Crippen LogP contribution in [0.5, 0.6) is 0 Å². The van der Waals surface area contributed by atoms with Gasteiger partial charge in [-0.25, -0.2) is 4.79 Å². The number of amides is 4. The van der Waals surface area contributed by atoms with Gasteiger partial charge in [0.05, 0.1) is 12.6 Å². The first kappa shape index (κ1) is 11.1. The minimum Gasteiger partial charge on any atom is -0.379 e. The van der Waals surface area contributed by atoms with Gasteiger partial charge in [0.15, 0.2) is 0 Å². The van der Waals surface area contributed by atoms with Crippen molar-refractivity contribution in [2.75, 3.05) is 13.2 Å². The first-order chi connectivity index (χ1) is 7.44. The molecule has 0 saturated carbocycles. The third-order valence-electron chi connectivity index (χ3n) is 3.03. The van der Waals surface area contributed by atoms with Crippen LogP contribution in [0.25, 0.3) is 0 Å². The van der Waals surface area contributed by atoms with Crippen LogP contribution in [0, 0.1) is 5.41 Å². The summed E-state index contributed by atoms with van der Waals surface area (Å²) in [4.78, 5) is 36.3. The van der Waals surface area contributed by atoms with Crippen molar-refractivity contribution in [1.29, 1.82) is 0 Å². The Morgan fingerprint density at radius 2 is 2.06 bits per heavy atom. The Balaban J connectivity index is 2.27. The van der Waals surface area contributed by atoms with E-state index in [1.807, 2.05) is 0 Å². The number of carbonyl (C=O) groups is 3. The topological polar surface area (TPSA) is 75.7 Å². The predicted octanol–water partition coefficient (Wildman–Crippen LogP) is -0.120. The summed E-state index contributed by atoms with van der Waals surface area (Å²) in [6.45, 7) is 3.92. The van der Waals surface area contributed by atoms with Crippen molar-refractivity contribution in [2.24, 2.45) is 5.41 Å². The van der Waals surface area contributed by atoms with Gasteiger partial charge in [0.2, 0.25) is 11.8 Å². The van der Waals surface area contributed by atoms with E-state index in [2.05, 4.69) is 5.32 Å². The largest absolute Gasteiger partial charge is 0.379 e. The van der Waals surface area contributed by atoms with E-state index in [-0.39, 0.29) is 6.04 Å². The molecule has 0 spiro atoms. The van der Waals surface area contributed by atoms with Gasteiger partial charge in [-0.2, -0.15) is 0 Å².